The Kier molecular flexibility index (Phi) is 4.48. The lowest BCUT2D eigenvalue weighted by atomic mass is 10.1. The van der Waals surface area contributed by atoms with Crippen LogP contribution in [0.15, 0.2) is 12.1 Å². The molecule has 0 radical (unpaired) electrons. The van der Waals surface area contributed by atoms with Crippen molar-refractivity contribution in [1.82, 2.24) is 10.3 Å². The van der Waals surface area contributed by atoms with Gasteiger partial charge in [0.1, 0.15) is 11.9 Å². The first-order valence-corrected chi connectivity index (χ1v) is 6.70. The van der Waals surface area contributed by atoms with Crippen LogP contribution in [0.25, 0.3) is 0 Å². The summed E-state index contributed by atoms with van der Waals surface area (Å²) >= 11 is 0. The average Bonchev–Trinajstić information content (AvgIpc) is 2.48. The van der Waals surface area contributed by atoms with Crippen molar-refractivity contribution in [2.75, 3.05) is 24.5 Å². The van der Waals surface area contributed by atoms with Crippen molar-refractivity contribution in [3.05, 3.63) is 27.9 Å². The lowest BCUT2D eigenvalue weighted by Crippen LogP contribution is -2.46. The number of hydrogen-bond acceptors (Lipinski definition) is 6. The summed E-state index contributed by atoms with van der Waals surface area (Å²) in [5.41, 5.74) is -0.371. The zero-order valence-corrected chi connectivity index (χ0v) is 11.4. The van der Waals surface area contributed by atoms with Gasteiger partial charge in [-0.3, -0.25) is 10.1 Å². The van der Waals surface area contributed by atoms with Crippen molar-refractivity contribution in [2.24, 2.45) is 0 Å². The van der Waals surface area contributed by atoms with Crippen LogP contribution < -0.4 is 10.2 Å². The Bertz CT molecular complexity index is 534. The van der Waals surface area contributed by atoms with E-state index in [9.17, 15) is 10.1 Å². The molecule has 1 aromatic rings. The molecule has 2 heterocycles. The first-order valence-electron chi connectivity index (χ1n) is 6.70. The summed E-state index contributed by atoms with van der Waals surface area (Å²) in [4.78, 5) is 16.5. The van der Waals surface area contributed by atoms with Crippen molar-refractivity contribution in [3.63, 3.8) is 0 Å². The summed E-state index contributed by atoms with van der Waals surface area (Å²) in [5.74, 6) is 0.628. The number of rotatable bonds is 4. The number of aromatic nitrogens is 1. The second-order valence-electron chi connectivity index (χ2n) is 4.69. The van der Waals surface area contributed by atoms with E-state index < -0.39 is 4.92 Å². The number of nitrogens with one attached hydrogen (secondary N) is 1. The summed E-state index contributed by atoms with van der Waals surface area (Å²) < 4.78 is 0. The summed E-state index contributed by atoms with van der Waals surface area (Å²) in [7, 11) is 0. The second-order valence-corrected chi connectivity index (χ2v) is 4.69. The minimum Gasteiger partial charge on any atom is -0.353 e. The van der Waals surface area contributed by atoms with Crippen molar-refractivity contribution >= 4 is 11.5 Å². The Morgan fingerprint density at radius 1 is 1.65 bits per heavy atom. The minimum atomic E-state index is -0.576. The molecule has 1 aromatic heterocycles. The van der Waals surface area contributed by atoms with Gasteiger partial charge in [0, 0.05) is 25.2 Å². The highest BCUT2D eigenvalue weighted by molar-refractivity contribution is 5.52. The lowest BCUT2D eigenvalue weighted by molar-refractivity contribution is -0.385. The van der Waals surface area contributed by atoms with E-state index in [0.29, 0.717) is 11.9 Å². The molecule has 1 unspecified atom stereocenters. The van der Waals surface area contributed by atoms with Crippen molar-refractivity contribution in [3.8, 4) is 6.07 Å². The SMILES string of the molecule is CCN(c1ccc([N+](=O)[O-])c(C#N)n1)C1CCCNC1. The highest BCUT2D eigenvalue weighted by atomic mass is 16.6. The van der Waals surface area contributed by atoms with E-state index in [0.717, 1.165) is 32.5 Å². The van der Waals surface area contributed by atoms with E-state index in [4.69, 9.17) is 5.26 Å². The molecular weight excluding hydrogens is 258 g/mol. The molecule has 1 atom stereocenters. The zero-order valence-electron chi connectivity index (χ0n) is 11.4. The van der Waals surface area contributed by atoms with Gasteiger partial charge in [-0.15, -0.1) is 0 Å². The number of nitrogens with zero attached hydrogens (tertiary/aromatic N) is 4. The Morgan fingerprint density at radius 3 is 3.00 bits per heavy atom. The number of piperidine rings is 1. The van der Waals surface area contributed by atoms with Crippen LogP contribution in [-0.4, -0.2) is 35.6 Å². The molecule has 1 fully saturated rings. The number of nitro groups is 1. The third kappa shape index (κ3) is 2.86. The zero-order chi connectivity index (χ0) is 14.5. The molecule has 1 saturated heterocycles. The van der Waals surface area contributed by atoms with Gasteiger partial charge in [-0.05, 0) is 32.4 Å². The quantitative estimate of drug-likeness (QED) is 0.660. The highest BCUT2D eigenvalue weighted by Crippen LogP contribution is 2.23. The molecule has 1 N–H and O–H groups in total. The van der Waals surface area contributed by atoms with Gasteiger partial charge in [0.15, 0.2) is 0 Å². The maximum atomic E-state index is 10.8. The van der Waals surface area contributed by atoms with Crippen LogP contribution in [0.2, 0.25) is 0 Å². The van der Waals surface area contributed by atoms with E-state index in [1.807, 2.05) is 6.92 Å². The third-order valence-corrected chi connectivity index (χ3v) is 3.51. The number of likely N-dealkylation sites (N-methyl/N-ethyl adjacent to an activating group) is 1. The fourth-order valence-electron chi connectivity index (χ4n) is 2.54. The molecular formula is C13H17N5O2. The third-order valence-electron chi connectivity index (χ3n) is 3.51. The van der Waals surface area contributed by atoms with E-state index >= 15 is 0 Å². The fourth-order valence-corrected chi connectivity index (χ4v) is 2.54. The average molecular weight is 275 g/mol. The number of anilines is 1. The van der Waals surface area contributed by atoms with Gasteiger partial charge >= 0.3 is 5.69 Å². The fraction of sp³-hybridized carbons (Fsp3) is 0.538. The van der Waals surface area contributed by atoms with Gasteiger partial charge in [0.05, 0.1) is 4.92 Å². The molecule has 20 heavy (non-hydrogen) atoms. The molecule has 0 aliphatic carbocycles. The first-order chi connectivity index (χ1) is 9.67. The number of pyridine rings is 1. The standard InChI is InChI=1S/C13H17N5O2/c1-2-17(10-4-3-7-15-9-10)13-6-5-12(18(19)20)11(8-14)16-13/h5-6,10,15H,2-4,7,9H2,1H3. The van der Waals surface area contributed by atoms with Crippen molar-refractivity contribution in [2.45, 2.75) is 25.8 Å². The Hall–Kier alpha value is -2.20. The molecule has 106 valence electrons. The van der Waals surface area contributed by atoms with E-state index in [1.54, 1.807) is 12.1 Å². The molecule has 7 nitrogen and oxygen atoms in total. The maximum absolute atomic E-state index is 10.8. The van der Waals surface area contributed by atoms with Gasteiger partial charge in [-0.2, -0.15) is 5.26 Å². The summed E-state index contributed by atoms with van der Waals surface area (Å²) in [6.07, 6.45) is 2.15. The predicted molar refractivity (Wildman–Crippen MR) is 74.5 cm³/mol. The molecule has 0 aromatic carbocycles. The smallest absolute Gasteiger partial charge is 0.305 e. The molecule has 7 heteroatoms. The predicted octanol–water partition coefficient (Wildman–Crippen LogP) is 1.44. The van der Waals surface area contributed by atoms with Crippen LogP contribution in [-0.2, 0) is 0 Å². The molecule has 1 aliphatic rings. The molecule has 2 rings (SSSR count). The van der Waals surface area contributed by atoms with Gasteiger partial charge in [0.25, 0.3) is 0 Å². The highest BCUT2D eigenvalue weighted by Gasteiger charge is 2.23. The molecule has 0 amide bonds. The number of nitriles is 1. The van der Waals surface area contributed by atoms with Crippen LogP contribution in [0.3, 0.4) is 0 Å². The van der Waals surface area contributed by atoms with Gasteiger partial charge < -0.3 is 10.2 Å². The van der Waals surface area contributed by atoms with Crippen LogP contribution >= 0.6 is 0 Å². The second kappa shape index (κ2) is 6.30. The topological polar surface area (TPSA) is 95.1 Å². The van der Waals surface area contributed by atoms with Gasteiger partial charge in [-0.25, -0.2) is 4.98 Å². The van der Waals surface area contributed by atoms with Crippen LogP contribution in [0.5, 0.6) is 0 Å². The summed E-state index contributed by atoms with van der Waals surface area (Å²) in [5, 5.41) is 23.2. The van der Waals surface area contributed by atoms with Crippen LogP contribution in [0.1, 0.15) is 25.5 Å². The molecule has 0 bridgehead atoms. The normalized spacial score (nSPS) is 18.3. The van der Waals surface area contributed by atoms with Crippen LogP contribution in [0.4, 0.5) is 11.5 Å². The Morgan fingerprint density at radius 2 is 2.45 bits per heavy atom. The van der Waals surface area contributed by atoms with Crippen molar-refractivity contribution in [1.29, 1.82) is 5.26 Å². The molecule has 0 saturated carbocycles. The minimum absolute atomic E-state index is 0.130. The number of hydrogen-bond donors (Lipinski definition) is 1. The summed E-state index contributed by atoms with van der Waals surface area (Å²) in [6, 6.07) is 5.10. The van der Waals surface area contributed by atoms with E-state index in [1.165, 1.54) is 6.07 Å². The van der Waals surface area contributed by atoms with Crippen LogP contribution in [0, 0.1) is 21.4 Å². The largest absolute Gasteiger partial charge is 0.353 e. The van der Waals surface area contributed by atoms with E-state index in [2.05, 4.69) is 15.2 Å². The van der Waals surface area contributed by atoms with E-state index in [-0.39, 0.29) is 11.4 Å². The monoisotopic (exact) mass is 275 g/mol. The van der Waals surface area contributed by atoms with Crippen molar-refractivity contribution < 1.29 is 4.92 Å². The Balaban J connectivity index is 2.30. The summed E-state index contributed by atoms with van der Waals surface area (Å²) in [6.45, 7) is 4.66. The first kappa shape index (κ1) is 14.2. The molecule has 1 aliphatic heterocycles. The lowest BCUT2D eigenvalue weighted by Gasteiger charge is -2.34. The van der Waals surface area contributed by atoms with Gasteiger partial charge in [-0.1, -0.05) is 0 Å². The molecule has 0 spiro atoms. The maximum Gasteiger partial charge on any atom is 0.305 e. The van der Waals surface area contributed by atoms with Gasteiger partial charge in [0.2, 0.25) is 5.69 Å². The Labute approximate surface area is 117 Å².